The third kappa shape index (κ3) is 4.29. The van der Waals surface area contributed by atoms with E-state index in [1.165, 1.54) is 0 Å². The van der Waals surface area contributed by atoms with Gasteiger partial charge in [-0.05, 0) is 49.5 Å². The molecular weight excluding hydrogens is 462 g/mol. The maximum Gasteiger partial charge on any atom is 0.322 e. The Morgan fingerprint density at radius 3 is 2.69 bits per heavy atom. The summed E-state index contributed by atoms with van der Waals surface area (Å²) < 4.78 is 11.4. The highest BCUT2D eigenvalue weighted by Crippen LogP contribution is 2.35. The van der Waals surface area contributed by atoms with Crippen molar-refractivity contribution in [1.82, 2.24) is 25.8 Å². The van der Waals surface area contributed by atoms with Crippen LogP contribution in [0.2, 0.25) is 0 Å². The van der Waals surface area contributed by atoms with Gasteiger partial charge in [-0.25, -0.2) is 4.79 Å². The number of amides is 4. The molecule has 2 aliphatic heterocycles. The molecule has 0 radical (unpaired) electrons. The van der Waals surface area contributed by atoms with E-state index in [1.807, 2.05) is 38.4 Å². The molecule has 1 aromatic heterocycles. The maximum atomic E-state index is 13.2. The van der Waals surface area contributed by atoms with Gasteiger partial charge in [-0.2, -0.15) is 0 Å². The molecule has 3 aromatic rings. The first-order chi connectivity index (χ1) is 17.3. The van der Waals surface area contributed by atoms with Gasteiger partial charge in [0.1, 0.15) is 17.1 Å². The molecule has 1 atom stereocenters. The number of urea groups is 1. The van der Waals surface area contributed by atoms with Crippen molar-refractivity contribution in [3.05, 3.63) is 64.9 Å². The molecule has 3 N–H and O–H groups in total. The third-order valence-corrected chi connectivity index (χ3v) is 6.64. The summed E-state index contributed by atoms with van der Waals surface area (Å²) in [5.41, 5.74) is 1.45. The molecule has 1 fully saturated rings. The van der Waals surface area contributed by atoms with Gasteiger partial charge in [0.05, 0.1) is 13.7 Å². The minimum absolute atomic E-state index is 0.0703. The molecule has 0 aliphatic carbocycles. The Morgan fingerprint density at radius 1 is 1.14 bits per heavy atom. The molecule has 0 saturated carbocycles. The fourth-order valence-corrected chi connectivity index (χ4v) is 4.67. The number of likely N-dealkylation sites (N-methyl/N-ethyl adjacent to an activating group) is 1. The van der Waals surface area contributed by atoms with E-state index in [-0.39, 0.29) is 18.2 Å². The first kappa shape index (κ1) is 23.8. The second-order valence-electron chi connectivity index (χ2n) is 9.46. The minimum Gasteiger partial charge on any atom is -0.497 e. The first-order valence-electron chi connectivity index (χ1n) is 11.8. The van der Waals surface area contributed by atoms with E-state index < -0.39 is 17.5 Å². The summed E-state index contributed by atoms with van der Waals surface area (Å²) in [5, 5.41) is 9.24. The number of methoxy groups -OCH3 is 1. The van der Waals surface area contributed by atoms with Crippen LogP contribution in [0.25, 0.3) is 11.0 Å². The number of fused-ring (bicyclic) bond motifs is 2. The molecule has 0 spiro atoms. The van der Waals surface area contributed by atoms with Crippen LogP contribution in [0.1, 0.15) is 27.2 Å². The summed E-state index contributed by atoms with van der Waals surface area (Å²) in [6.07, 6.45) is 0. The van der Waals surface area contributed by atoms with E-state index in [1.54, 1.807) is 30.2 Å². The molecular formula is C26H29N5O5. The summed E-state index contributed by atoms with van der Waals surface area (Å²) in [6, 6.07) is 12.3. The largest absolute Gasteiger partial charge is 0.497 e. The van der Waals surface area contributed by atoms with Gasteiger partial charge in [-0.15, -0.1) is 0 Å². The normalized spacial score (nSPS) is 19.2. The molecule has 1 saturated heterocycles. The second kappa shape index (κ2) is 9.29. The number of benzene rings is 2. The fraction of sp³-hybridized carbons (Fsp3) is 0.346. The average molecular weight is 492 g/mol. The highest BCUT2D eigenvalue weighted by atomic mass is 16.5. The van der Waals surface area contributed by atoms with Crippen molar-refractivity contribution in [2.75, 3.05) is 40.8 Å². The number of rotatable bonds is 9. The number of carbonyl (C=O) groups excluding carboxylic acids is 3. The molecule has 5 rings (SSSR count). The van der Waals surface area contributed by atoms with Crippen LogP contribution in [0.3, 0.4) is 0 Å². The quantitative estimate of drug-likeness (QED) is 0.309. The Hall–Kier alpha value is -3.89. The number of hydrogen-bond acceptors (Lipinski definition) is 7. The smallest absolute Gasteiger partial charge is 0.322 e. The van der Waals surface area contributed by atoms with Gasteiger partial charge >= 0.3 is 6.03 Å². The van der Waals surface area contributed by atoms with Crippen molar-refractivity contribution in [3.8, 4) is 5.75 Å². The molecule has 10 heteroatoms. The Labute approximate surface area is 208 Å². The summed E-state index contributed by atoms with van der Waals surface area (Å²) in [4.78, 5) is 42.2. The number of hydrogen-bond donors (Lipinski definition) is 3. The summed E-state index contributed by atoms with van der Waals surface area (Å²) >= 11 is 0. The molecule has 3 heterocycles. The fourth-order valence-electron chi connectivity index (χ4n) is 4.67. The van der Waals surface area contributed by atoms with Crippen LogP contribution in [0.5, 0.6) is 5.75 Å². The Kier molecular flexibility index (Phi) is 6.15. The van der Waals surface area contributed by atoms with E-state index in [0.717, 1.165) is 29.6 Å². The van der Waals surface area contributed by atoms with Crippen molar-refractivity contribution in [3.63, 3.8) is 0 Å². The molecule has 36 heavy (non-hydrogen) atoms. The number of ether oxygens (including phenoxy) is 1. The van der Waals surface area contributed by atoms with Crippen LogP contribution in [-0.2, 0) is 23.4 Å². The van der Waals surface area contributed by atoms with Crippen molar-refractivity contribution in [1.29, 1.82) is 0 Å². The maximum absolute atomic E-state index is 13.2. The van der Waals surface area contributed by atoms with E-state index in [0.29, 0.717) is 30.0 Å². The number of imide groups is 1. The van der Waals surface area contributed by atoms with Gasteiger partial charge in [0.25, 0.3) is 11.8 Å². The van der Waals surface area contributed by atoms with Gasteiger partial charge in [0.2, 0.25) is 0 Å². The van der Waals surface area contributed by atoms with Gasteiger partial charge in [0, 0.05) is 37.1 Å². The molecule has 4 amide bonds. The molecule has 2 aromatic carbocycles. The Balaban J connectivity index is 1.42. The van der Waals surface area contributed by atoms with Crippen molar-refractivity contribution < 1.29 is 23.5 Å². The third-order valence-electron chi connectivity index (χ3n) is 6.64. The van der Waals surface area contributed by atoms with Crippen LogP contribution < -0.4 is 20.7 Å². The van der Waals surface area contributed by atoms with E-state index in [2.05, 4.69) is 20.9 Å². The van der Waals surface area contributed by atoms with Crippen LogP contribution in [0.15, 0.2) is 46.9 Å². The topological polar surface area (TPSA) is 116 Å². The second-order valence-corrected chi connectivity index (χ2v) is 9.46. The van der Waals surface area contributed by atoms with Crippen molar-refractivity contribution >= 4 is 28.8 Å². The van der Waals surface area contributed by atoms with Gasteiger partial charge in [-0.3, -0.25) is 14.9 Å². The molecule has 188 valence electrons. The first-order valence-corrected chi connectivity index (χ1v) is 11.8. The number of nitrogens with one attached hydrogen (secondary N) is 3. The number of nitrogens with zero attached hydrogens (tertiary/aromatic N) is 2. The predicted octanol–water partition coefficient (Wildman–Crippen LogP) is 1.78. The average Bonchev–Trinajstić information content (AvgIpc) is 3.50. The van der Waals surface area contributed by atoms with Crippen LogP contribution in [0.4, 0.5) is 4.79 Å². The van der Waals surface area contributed by atoms with Gasteiger partial charge < -0.3 is 29.6 Å². The zero-order chi connectivity index (χ0) is 25.4. The Bertz CT molecular complexity index is 1350. The van der Waals surface area contributed by atoms with Gasteiger partial charge in [0.15, 0.2) is 5.54 Å². The molecule has 0 unspecified atom stereocenters. The monoisotopic (exact) mass is 491 g/mol. The van der Waals surface area contributed by atoms with E-state index >= 15 is 0 Å². The van der Waals surface area contributed by atoms with E-state index in [9.17, 15) is 14.4 Å². The Morgan fingerprint density at radius 2 is 1.97 bits per heavy atom. The predicted molar refractivity (Wildman–Crippen MR) is 133 cm³/mol. The summed E-state index contributed by atoms with van der Waals surface area (Å²) in [5.74, 6) is 0.0626. The van der Waals surface area contributed by atoms with E-state index in [4.69, 9.17) is 9.15 Å². The number of furan rings is 1. The molecule has 2 aliphatic rings. The van der Waals surface area contributed by atoms with Crippen molar-refractivity contribution in [2.45, 2.75) is 18.6 Å². The zero-order valence-electron chi connectivity index (χ0n) is 20.5. The lowest BCUT2D eigenvalue weighted by atomic mass is 9.95. The highest BCUT2D eigenvalue weighted by Gasteiger charge is 2.53. The van der Waals surface area contributed by atoms with Crippen LogP contribution in [0, 0.1) is 0 Å². The minimum atomic E-state index is -1.54. The zero-order valence-corrected chi connectivity index (χ0v) is 20.5. The van der Waals surface area contributed by atoms with Crippen molar-refractivity contribution in [2.24, 2.45) is 0 Å². The van der Waals surface area contributed by atoms with Crippen LogP contribution in [-0.4, -0.2) is 68.5 Å². The summed E-state index contributed by atoms with van der Waals surface area (Å²) in [6.45, 7) is 2.69. The lowest BCUT2D eigenvalue weighted by Crippen LogP contribution is -2.52. The SMILES string of the molecule is COc1ccc2c(c1)C(=O)N(C[C@@]1(c3cc4ccc(CNCCN(C)C)cc4o3)NC(=O)NC1=O)C2. The molecule has 10 nitrogen and oxygen atoms in total. The lowest BCUT2D eigenvalue weighted by molar-refractivity contribution is -0.125. The van der Waals surface area contributed by atoms with Gasteiger partial charge in [-0.1, -0.05) is 18.2 Å². The standard InChI is InChI=1S/C26H29N5O5/c1-30(2)9-8-27-13-16-4-5-17-11-22(36-21(17)10-16)26(24(33)28-25(34)29-26)15-31-14-18-6-7-19(35-3)12-20(18)23(31)32/h4-7,10-12,27H,8-9,13-15H2,1-3H3,(H2,28,29,33,34)/t26-/m0/s1. The lowest BCUT2D eigenvalue weighted by Gasteiger charge is -2.29. The summed E-state index contributed by atoms with van der Waals surface area (Å²) in [7, 11) is 5.59. The van der Waals surface area contributed by atoms with Crippen LogP contribution >= 0.6 is 0 Å². The number of carbonyl (C=O) groups is 3. The highest BCUT2D eigenvalue weighted by molar-refractivity contribution is 6.08. The molecule has 0 bridgehead atoms.